The van der Waals surface area contributed by atoms with Gasteiger partial charge in [0.05, 0.1) is 6.61 Å². The van der Waals surface area contributed by atoms with E-state index in [0.29, 0.717) is 5.56 Å². The first kappa shape index (κ1) is 20.0. The fraction of sp³-hybridized carbons (Fsp3) is 0.250. The predicted molar refractivity (Wildman–Crippen MR) is 101 cm³/mol. The Kier molecular flexibility index (Phi) is 5.00. The lowest BCUT2D eigenvalue weighted by molar-refractivity contribution is -0.242. The number of phenolic OH excluding ortho intramolecular Hbond substituents is 3. The number of aliphatic hydroxyl groups is 3. The van der Waals surface area contributed by atoms with Crippen molar-refractivity contribution in [1.29, 1.82) is 0 Å². The molecule has 10 heteroatoms. The molecule has 0 unspecified atom stereocenters. The number of ether oxygens (including phenoxy) is 2. The summed E-state index contributed by atoms with van der Waals surface area (Å²) < 4.78 is 16.1. The van der Waals surface area contributed by atoms with E-state index >= 15 is 0 Å². The molecule has 1 fully saturated rings. The maximum absolute atomic E-state index is 12.5. The molecule has 0 saturated carbocycles. The van der Waals surface area contributed by atoms with Gasteiger partial charge < -0.3 is 44.5 Å². The summed E-state index contributed by atoms with van der Waals surface area (Å²) >= 11 is 0. The van der Waals surface area contributed by atoms with E-state index in [1.165, 1.54) is 24.3 Å². The number of hydrogen-bond donors (Lipinski definition) is 6. The summed E-state index contributed by atoms with van der Waals surface area (Å²) in [4.78, 5) is 12.5. The molecule has 1 saturated heterocycles. The van der Waals surface area contributed by atoms with Gasteiger partial charge in [-0.05, 0) is 24.3 Å². The Labute approximate surface area is 168 Å². The van der Waals surface area contributed by atoms with Crippen LogP contribution in [0.4, 0.5) is 0 Å². The first-order valence-corrected chi connectivity index (χ1v) is 8.91. The number of fused-ring (bicyclic) bond motifs is 1. The van der Waals surface area contributed by atoms with Crippen LogP contribution in [0, 0.1) is 0 Å². The zero-order valence-corrected chi connectivity index (χ0v) is 15.3. The highest BCUT2D eigenvalue weighted by atomic mass is 16.7. The normalized spacial score (nSPS) is 24.1. The first-order valence-electron chi connectivity index (χ1n) is 8.91. The molecule has 3 aromatic rings. The summed E-state index contributed by atoms with van der Waals surface area (Å²) in [5.41, 5.74) is -0.571. The van der Waals surface area contributed by atoms with E-state index in [9.17, 15) is 35.4 Å². The van der Waals surface area contributed by atoms with Crippen molar-refractivity contribution < 1.29 is 44.5 Å². The molecule has 4 atom stereocenters. The maximum Gasteiger partial charge on any atom is 0.229 e. The van der Waals surface area contributed by atoms with Crippen LogP contribution in [-0.2, 0) is 4.74 Å². The van der Waals surface area contributed by atoms with Gasteiger partial charge >= 0.3 is 0 Å². The fourth-order valence-corrected chi connectivity index (χ4v) is 3.15. The van der Waals surface area contributed by atoms with Gasteiger partial charge in [-0.2, -0.15) is 0 Å². The van der Waals surface area contributed by atoms with E-state index in [1.807, 2.05) is 0 Å². The van der Waals surface area contributed by atoms with Crippen LogP contribution in [0.5, 0.6) is 23.0 Å². The second-order valence-electron chi connectivity index (χ2n) is 6.84. The summed E-state index contributed by atoms with van der Waals surface area (Å²) in [6, 6.07) is 7.84. The molecule has 0 aliphatic carbocycles. The van der Waals surface area contributed by atoms with Crippen LogP contribution in [0.25, 0.3) is 22.3 Å². The Morgan fingerprint density at radius 2 is 1.67 bits per heavy atom. The lowest BCUT2D eigenvalue weighted by Gasteiger charge is -2.35. The molecule has 4 rings (SSSR count). The number of phenols is 3. The molecule has 2 heterocycles. The molecule has 1 aliphatic rings. The number of hydrogen-bond acceptors (Lipinski definition) is 10. The van der Waals surface area contributed by atoms with Gasteiger partial charge in [0.15, 0.2) is 16.8 Å². The van der Waals surface area contributed by atoms with E-state index in [1.54, 1.807) is 0 Å². The van der Waals surface area contributed by atoms with Crippen LogP contribution in [-0.4, -0.2) is 61.8 Å². The van der Waals surface area contributed by atoms with Gasteiger partial charge in [0.2, 0.25) is 12.0 Å². The van der Waals surface area contributed by atoms with Gasteiger partial charge in [-0.3, -0.25) is 4.79 Å². The van der Waals surface area contributed by atoms with Crippen molar-refractivity contribution in [3.63, 3.8) is 0 Å². The van der Waals surface area contributed by atoms with Gasteiger partial charge in [0, 0.05) is 17.7 Å². The Morgan fingerprint density at radius 1 is 0.967 bits per heavy atom. The van der Waals surface area contributed by atoms with Crippen LogP contribution in [0.3, 0.4) is 0 Å². The minimum absolute atomic E-state index is 0.0106. The zero-order valence-electron chi connectivity index (χ0n) is 15.3. The first-order chi connectivity index (χ1) is 14.3. The quantitative estimate of drug-likeness (QED) is 0.327. The van der Waals surface area contributed by atoms with Gasteiger partial charge in [0.25, 0.3) is 0 Å². The molecule has 158 valence electrons. The highest BCUT2D eigenvalue weighted by Crippen LogP contribution is 2.41. The van der Waals surface area contributed by atoms with Gasteiger partial charge in [0.1, 0.15) is 41.0 Å². The molecular formula is C20H18O10. The van der Waals surface area contributed by atoms with Crippen molar-refractivity contribution in [1.82, 2.24) is 0 Å². The fourth-order valence-electron chi connectivity index (χ4n) is 3.15. The van der Waals surface area contributed by atoms with Gasteiger partial charge in [-0.15, -0.1) is 0 Å². The topological polar surface area (TPSA) is 170 Å². The summed E-state index contributed by atoms with van der Waals surface area (Å²) in [7, 11) is 0. The van der Waals surface area contributed by atoms with E-state index in [4.69, 9.17) is 13.9 Å². The maximum atomic E-state index is 12.5. The molecular weight excluding hydrogens is 400 g/mol. The molecule has 2 aromatic carbocycles. The summed E-state index contributed by atoms with van der Waals surface area (Å²) in [6.07, 6.45) is -5.96. The molecule has 30 heavy (non-hydrogen) atoms. The van der Waals surface area contributed by atoms with Crippen molar-refractivity contribution in [3.05, 3.63) is 46.6 Å². The second-order valence-corrected chi connectivity index (χ2v) is 6.84. The van der Waals surface area contributed by atoms with E-state index in [-0.39, 0.29) is 34.8 Å². The standard InChI is InChI=1S/C20H18O10/c21-9-3-1-8(2-4-9)13-5-10(22)15-11(23)6-14(17(26)19(15)29-13)30-20-18(27)16(25)12(24)7-28-20/h1-6,12,16,18,20-21,23-27H,7H2/t12-,16-,18-,20+/m0/s1. The average molecular weight is 418 g/mol. The third-order valence-electron chi connectivity index (χ3n) is 4.77. The molecule has 0 radical (unpaired) electrons. The molecule has 1 aromatic heterocycles. The summed E-state index contributed by atoms with van der Waals surface area (Å²) in [5, 5.41) is 59.3. The largest absolute Gasteiger partial charge is 0.508 e. The second kappa shape index (κ2) is 7.50. The smallest absolute Gasteiger partial charge is 0.229 e. The minimum atomic E-state index is -1.64. The van der Waals surface area contributed by atoms with Crippen molar-refractivity contribution in [2.24, 2.45) is 0 Å². The summed E-state index contributed by atoms with van der Waals surface area (Å²) in [6.45, 7) is -0.330. The monoisotopic (exact) mass is 418 g/mol. The number of aliphatic hydroxyl groups excluding tert-OH is 3. The van der Waals surface area contributed by atoms with E-state index < -0.39 is 41.5 Å². The minimum Gasteiger partial charge on any atom is -0.508 e. The molecule has 10 nitrogen and oxygen atoms in total. The Hall–Kier alpha value is -3.31. The average Bonchev–Trinajstić information content (AvgIpc) is 2.72. The Balaban J connectivity index is 1.78. The van der Waals surface area contributed by atoms with Crippen LogP contribution >= 0.6 is 0 Å². The SMILES string of the molecule is O=c1cc(-c2ccc(O)cc2)oc2c(O)c(O[C@H]3OC[C@H](O)[C@H](O)[C@@H]3O)cc(O)c12. The van der Waals surface area contributed by atoms with Crippen molar-refractivity contribution in [2.45, 2.75) is 24.6 Å². The third-order valence-corrected chi connectivity index (χ3v) is 4.77. The van der Waals surface area contributed by atoms with Crippen molar-refractivity contribution in [3.8, 4) is 34.3 Å². The summed E-state index contributed by atoms with van der Waals surface area (Å²) in [5.74, 6) is -1.49. The Bertz CT molecular complexity index is 1140. The predicted octanol–water partition coefficient (Wildman–Crippen LogP) is 0.395. The number of benzene rings is 2. The molecule has 1 aliphatic heterocycles. The van der Waals surface area contributed by atoms with E-state index in [2.05, 4.69) is 0 Å². The van der Waals surface area contributed by atoms with E-state index in [0.717, 1.165) is 12.1 Å². The number of aromatic hydroxyl groups is 3. The zero-order chi connectivity index (χ0) is 21.6. The van der Waals surface area contributed by atoms with Gasteiger partial charge in [-0.1, -0.05) is 0 Å². The van der Waals surface area contributed by atoms with Gasteiger partial charge in [-0.25, -0.2) is 0 Å². The lowest BCUT2D eigenvalue weighted by atomic mass is 10.1. The van der Waals surface area contributed by atoms with Crippen LogP contribution in [0.15, 0.2) is 45.6 Å². The number of rotatable bonds is 3. The molecule has 0 bridgehead atoms. The van der Waals surface area contributed by atoms with Crippen LogP contribution < -0.4 is 10.2 Å². The highest BCUT2D eigenvalue weighted by Gasteiger charge is 2.39. The van der Waals surface area contributed by atoms with Crippen LogP contribution in [0.2, 0.25) is 0 Å². The van der Waals surface area contributed by atoms with Crippen LogP contribution in [0.1, 0.15) is 0 Å². The molecule has 6 N–H and O–H groups in total. The lowest BCUT2D eigenvalue weighted by Crippen LogP contribution is -2.54. The third kappa shape index (κ3) is 3.42. The molecule has 0 amide bonds. The van der Waals surface area contributed by atoms with Crippen molar-refractivity contribution >= 4 is 11.0 Å². The molecule has 0 spiro atoms. The highest BCUT2D eigenvalue weighted by molar-refractivity contribution is 5.91. The van der Waals surface area contributed by atoms with Crippen molar-refractivity contribution in [2.75, 3.05) is 6.61 Å². The Morgan fingerprint density at radius 3 is 2.37 bits per heavy atom.